The number of aromatic amines is 1. The summed E-state index contributed by atoms with van der Waals surface area (Å²) in [6.45, 7) is 1.09. The molecule has 1 aromatic heterocycles. The number of hydrogen-bond acceptors (Lipinski definition) is 4. The molecule has 1 heterocycles. The lowest BCUT2D eigenvalue weighted by molar-refractivity contribution is -0.121. The summed E-state index contributed by atoms with van der Waals surface area (Å²) in [5.41, 5.74) is 6.37. The Hall–Kier alpha value is -1.73. The number of rotatable bonds is 9. The van der Waals surface area contributed by atoms with Crippen LogP contribution in [0.1, 0.15) is 37.9 Å². The molecule has 124 valence electrons. The van der Waals surface area contributed by atoms with Crippen LogP contribution in [-0.2, 0) is 11.3 Å². The number of H-pyrrole nitrogens is 1. The maximum atomic E-state index is 11.8. The van der Waals surface area contributed by atoms with Gasteiger partial charge in [-0.15, -0.1) is 0 Å². The summed E-state index contributed by atoms with van der Waals surface area (Å²) < 4.78 is 1.01. The number of hydrogen-bond donors (Lipinski definition) is 3. The Morgan fingerprint density at radius 3 is 2.65 bits per heavy atom. The van der Waals surface area contributed by atoms with Crippen LogP contribution in [0.2, 0.25) is 0 Å². The van der Waals surface area contributed by atoms with Gasteiger partial charge in [-0.2, -0.15) is 5.10 Å². The number of amides is 1. The van der Waals surface area contributed by atoms with E-state index < -0.39 is 0 Å². The zero-order valence-corrected chi connectivity index (χ0v) is 14.6. The maximum absolute atomic E-state index is 11.8. The average Bonchev–Trinajstić information content (AvgIpc) is 3.02. The summed E-state index contributed by atoms with van der Waals surface area (Å²) in [7, 11) is 0. The molecule has 23 heavy (non-hydrogen) atoms. The van der Waals surface area contributed by atoms with E-state index in [0.29, 0.717) is 24.6 Å². The lowest BCUT2D eigenvalue weighted by Crippen LogP contribution is -2.23. The molecule has 0 aliphatic carbocycles. The minimum atomic E-state index is 0.0411. The zero-order valence-electron chi connectivity index (χ0n) is 13.0. The number of aromatic nitrogens is 3. The van der Waals surface area contributed by atoms with Crippen molar-refractivity contribution in [2.75, 3.05) is 6.54 Å². The van der Waals surface area contributed by atoms with E-state index in [-0.39, 0.29) is 5.91 Å². The number of unbranched alkanes of at least 4 members (excludes halogenated alkanes) is 3. The fraction of sp³-hybridized carbons (Fsp3) is 0.438. The van der Waals surface area contributed by atoms with Gasteiger partial charge in [-0.05, 0) is 31.5 Å². The lowest BCUT2D eigenvalue weighted by atomic mass is 10.1. The largest absolute Gasteiger partial charge is 0.349 e. The van der Waals surface area contributed by atoms with Crippen molar-refractivity contribution in [1.29, 1.82) is 0 Å². The summed E-state index contributed by atoms with van der Waals surface area (Å²) >= 11 is 3.40. The monoisotopic (exact) mass is 379 g/mol. The first-order valence-electron chi connectivity index (χ1n) is 7.83. The molecular weight excluding hydrogens is 358 g/mol. The molecule has 0 spiro atoms. The van der Waals surface area contributed by atoms with Crippen LogP contribution in [-0.4, -0.2) is 27.6 Å². The molecule has 2 rings (SSSR count). The third-order valence-corrected chi connectivity index (χ3v) is 3.97. The molecule has 0 fully saturated rings. The standard InChI is InChI=1S/C16H22BrN5O/c17-13-8-6-12(7-9-13)16-20-14(21-22-16)11-19-15(23)5-3-1-2-4-10-18/h6-9H,1-5,10-11,18H2,(H,19,23)(H,20,21,22). The van der Waals surface area contributed by atoms with Gasteiger partial charge in [0.1, 0.15) is 5.82 Å². The van der Waals surface area contributed by atoms with E-state index in [1.807, 2.05) is 24.3 Å². The molecule has 1 amide bonds. The lowest BCUT2D eigenvalue weighted by Gasteiger charge is -2.03. The van der Waals surface area contributed by atoms with Crippen molar-refractivity contribution in [3.63, 3.8) is 0 Å². The van der Waals surface area contributed by atoms with Crippen LogP contribution in [0.25, 0.3) is 11.4 Å². The second kappa shape index (κ2) is 9.42. The summed E-state index contributed by atoms with van der Waals surface area (Å²) in [6.07, 6.45) is 4.59. The molecule has 1 aromatic carbocycles. The predicted octanol–water partition coefficient (Wildman–Crippen LogP) is 2.76. The van der Waals surface area contributed by atoms with Gasteiger partial charge in [0.25, 0.3) is 0 Å². The van der Waals surface area contributed by atoms with Crippen molar-refractivity contribution in [3.05, 3.63) is 34.6 Å². The average molecular weight is 380 g/mol. The van der Waals surface area contributed by atoms with Gasteiger partial charge in [0.15, 0.2) is 5.82 Å². The quantitative estimate of drug-likeness (QED) is 0.583. The van der Waals surface area contributed by atoms with Crippen LogP contribution in [0, 0.1) is 0 Å². The molecule has 0 bridgehead atoms. The zero-order chi connectivity index (χ0) is 16.5. The van der Waals surface area contributed by atoms with E-state index in [1.165, 1.54) is 0 Å². The van der Waals surface area contributed by atoms with Crippen molar-refractivity contribution in [2.45, 2.75) is 38.6 Å². The van der Waals surface area contributed by atoms with Crippen LogP contribution >= 0.6 is 15.9 Å². The van der Waals surface area contributed by atoms with E-state index >= 15 is 0 Å². The van der Waals surface area contributed by atoms with Crippen molar-refractivity contribution in [1.82, 2.24) is 20.5 Å². The van der Waals surface area contributed by atoms with Gasteiger partial charge in [0.2, 0.25) is 5.91 Å². The fourth-order valence-electron chi connectivity index (χ4n) is 2.16. The Morgan fingerprint density at radius 2 is 1.91 bits per heavy atom. The molecule has 0 atom stereocenters. The Labute approximate surface area is 144 Å². The van der Waals surface area contributed by atoms with Crippen molar-refractivity contribution >= 4 is 21.8 Å². The predicted molar refractivity (Wildman–Crippen MR) is 93.5 cm³/mol. The fourth-order valence-corrected chi connectivity index (χ4v) is 2.42. The molecule has 4 N–H and O–H groups in total. The molecule has 0 saturated heterocycles. The Morgan fingerprint density at radius 1 is 1.17 bits per heavy atom. The first-order valence-corrected chi connectivity index (χ1v) is 8.62. The van der Waals surface area contributed by atoms with Gasteiger partial charge < -0.3 is 11.1 Å². The summed E-state index contributed by atoms with van der Waals surface area (Å²) in [4.78, 5) is 16.2. The maximum Gasteiger partial charge on any atom is 0.220 e. The van der Waals surface area contributed by atoms with Crippen LogP contribution < -0.4 is 11.1 Å². The Bertz CT molecular complexity index is 611. The van der Waals surface area contributed by atoms with E-state index in [2.05, 4.69) is 36.4 Å². The summed E-state index contributed by atoms with van der Waals surface area (Å²) in [5.74, 6) is 1.32. The van der Waals surface area contributed by atoms with Gasteiger partial charge in [-0.1, -0.05) is 40.9 Å². The molecule has 0 saturated carbocycles. The molecule has 0 unspecified atom stereocenters. The van der Waals surface area contributed by atoms with Crippen molar-refractivity contribution < 1.29 is 4.79 Å². The topological polar surface area (TPSA) is 96.7 Å². The SMILES string of the molecule is NCCCCCCC(=O)NCc1nc(-c2ccc(Br)cc2)n[nH]1. The Balaban J connectivity index is 1.74. The third-order valence-electron chi connectivity index (χ3n) is 3.45. The van der Waals surface area contributed by atoms with Gasteiger partial charge in [-0.25, -0.2) is 4.98 Å². The third kappa shape index (κ3) is 6.11. The minimum absolute atomic E-state index is 0.0411. The number of carbonyl (C=O) groups is 1. The first-order chi connectivity index (χ1) is 11.2. The molecule has 0 aliphatic rings. The van der Waals surface area contributed by atoms with Crippen LogP contribution in [0.4, 0.5) is 0 Å². The van der Waals surface area contributed by atoms with E-state index in [0.717, 1.165) is 42.3 Å². The normalized spacial score (nSPS) is 10.7. The summed E-state index contributed by atoms with van der Waals surface area (Å²) in [6, 6.07) is 7.77. The molecule has 7 heteroatoms. The van der Waals surface area contributed by atoms with Crippen LogP contribution in [0.15, 0.2) is 28.7 Å². The Kier molecular flexibility index (Phi) is 7.22. The van der Waals surface area contributed by atoms with Crippen LogP contribution in [0.5, 0.6) is 0 Å². The minimum Gasteiger partial charge on any atom is -0.349 e. The first kappa shape index (κ1) is 17.6. The number of halogens is 1. The highest BCUT2D eigenvalue weighted by Gasteiger charge is 2.07. The smallest absolute Gasteiger partial charge is 0.220 e. The molecule has 2 aromatic rings. The van der Waals surface area contributed by atoms with Crippen molar-refractivity contribution in [3.8, 4) is 11.4 Å². The second-order valence-electron chi connectivity index (χ2n) is 5.34. The molecular formula is C16H22BrN5O. The van der Waals surface area contributed by atoms with Gasteiger partial charge in [0.05, 0.1) is 6.54 Å². The number of carbonyl (C=O) groups excluding carboxylic acids is 1. The van der Waals surface area contributed by atoms with Crippen molar-refractivity contribution in [2.24, 2.45) is 5.73 Å². The van der Waals surface area contributed by atoms with E-state index in [1.54, 1.807) is 0 Å². The second-order valence-corrected chi connectivity index (χ2v) is 6.26. The molecule has 0 aliphatic heterocycles. The van der Waals surface area contributed by atoms with Crippen LogP contribution in [0.3, 0.4) is 0 Å². The van der Waals surface area contributed by atoms with Gasteiger partial charge in [0, 0.05) is 16.5 Å². The number of nitrogens with two attached hydrogens (primary N) is 1. The number of nitrogens with one attached hydrogen (secondary N) is 2. The molecule has 0 radical (unpaired) electrons. The highest BCUT2D eigenvalue weighted by molar-refractivity contribution is 9.10. The summed E-state index contributed by atoms with van der Waals surface area (Å²) in [5, 5.41) is 9.89. The highest BCUT2D eigenvalue weighted by Crippen LogP contribution is 2.18. The van der Waals surface area contributed by atoms with Gasteiger partial charge in [-0.3, -0.25) is 9.89 Å². The number of nitrogens with zero attached hydrogens (tertiary/aromatic N) is 2. The van der Waals surface area contributed by atoms with E-state index in [4.69, 9.17) is 5.73 Å². The number of benzene rings is 1. The highest BCUT2D eigenvalue weighted by atomic mass is 79.9. The van der Waals surface area contributed by atoms with E-state index in [9.17, 15) is 4.79 Å². The molecule has 6 nitrogen and oxygen atoms in total. The van der Waals surface area contributed by atoms with Gasteiger partial charge >= 0.3 is 0 Å².